The van der Waals surface area contributed by atoms with Crippen LogP contribution >= 0.6 is 11.3 Å². The van der Waals surface area contributed by atoms with Gasteiger partial charge in [-0.1, -0.05) is 41.4 Å². The van der Waals surface area contributed by atoms with Crippen LogP contribution in [0, 0.1) is 11.3 Å². The highest BCUT2D eigenvalue weighted by molar-refractivity contribution is 7.21. The van der Waals surface area contributed by atoms with Crippen LogP contribution in [0.15, 0.2) is 11.4 Å². The van der Waals surface area contributed by atoms with Crippen LogP contribution in [0.2, 0.25) is 6.82 Å². The van der Waals surface area contributed by atoms with Crippen molar-refractivity contribution in [2.45, 2.75) is 67.3 Å². The lowest BCUT2D eigenvalue weighted by Crippen LogP contribution is -2.47. The molecule has 0 fully saturated rings. The third-order valence-corrected chi connectivity index (χ3v) is 5.18. The Kier molecular flexibility index (Phi) is 5.31. The molecular formula is C16H29BOS. The minimum Gasteiger partial charge on any atom is -0.425 e. The van der Waals surface area contributed by atoms with Gasteiger partial charge in [0.1, 0.15) is 0 Å². The van der Waals surface area contributed by atoms with E-state index in [1.54, 1.807) is 0 Å². The summed E-state index contributed by atoms with van der Waals surface area (Å²) in [5, 5.41) is 2.19. The van der Waals surface area contributed by atoms with Crippen LogP contribution in [0.25, 0.3) is 0 Å². The largest absolute Gasteiger partial charge is 0.425 e. The van der Waals surface area contributed by atoms with Crippen molar-refractivity contribution in [3.8, 4) is 0 Å². The van der Waals surface area contributed by atoms with E-state index in [1.165, 1.54) is 10.3 Å². The Hall–Kier alpha value is -0.275. The molecular weight excluding hydrogens is 251 g/mol. The van der Waals surface area contributed by atoms with E-state index < -0.39 is 0 Å². The fraction of sp³-hybridized carbons (Fsp3) is 0.750. The summed E-state index contributed by atoms with van der Waals surface area (Å²) in [4.78, 5) is 0. The molecule has 1 heterocycles. The van der Waals surface area contributed by atoms with Crippen molar-refractivity contribution in [3.05, 3.63) is 17.0 Å². The highest BCUT2D eigenvalue weighted by Crippen LogP contribution is 2.33. The van der Waals surface area contributed by atoms with Gasteiger partial charge in [-0.2, -0.15) is 11.3 Å². The van der Waals surface area contributed by atoms with Crippen molar-refractivity contribution < 1.29 is 4.65 Å². The fourth-order valence-electron chi connectivity index (χ4n) is 1.98. The summed E-state index contributed by atoms with van der Waals surface area (Å²) in [7, 11) is 0. The number of thiophene rings is 1. The van der Waals surface area contributed by atoms with E-state index >= 15 is 0 Å². The van der Waals surface area contributed by atoms with Crippen molar-refractivity contribution in [3.63, 3.8) is 0 Å². The van der Waals surface area contributed by atoms with E-state index in [0.29, 0.717) is 5.92 Å². The summed E-state index contributed by atoms with van der Waals surface area (Å²) < 4.78 is 7.77. The lowest BCUT2D eigenvalue weighted by atomic mass is 9.65. The Bertz CT molecular complexity index is 401. The molecule has 1 nitrogen and oxygen atoms in total. The molecule has 0 aromatic carbocycles. The Morgan fingerprint density at radius 2 is 1.79 bits per heavy atom. The zero-order valence-corrected chi connectivity index (χ0v) is 14.6. The predicted molar refractivity (Wildman–Crippen MR) is 88.7 cm³/mol. The fourth-order valence-corrected chi connectivity index (χ4v) is 2.91. The highest BCUT2D eigenvalue weighted by atomic mass is 32.1. The normalized spacial score (nSPS) is 13.1. The first-order valence-corrected chi connectivity index (χ1v) is 8.16. The van der Waals surface area contributed by atoms with Gasteiger partial charge in [0.15, 0.2) is 0 Å². The van der Waals surface area contributed by atoms with Gasteiger partial charge in [-0.05, 0) is 48.6 Å². The molecule has 19 heavy (non-hydrogen) atoms. The summed E-state index contributed by atoms with van der Waals surface area (Å²) in [6, 6.07) is 2.25. The summed E-state index contributed by atoms with van der Waals surface area (Å²) in [6.07, 6.45) is 1.14. The molecule has 1 aromatic heterocycles. The SMILES string of the molecule is CB(OC(C)(C)C(C)(C)C)c1sccc1CC(C)C. The van der Waals surface area contributed by atoms with E-state index in [1.807, 2.05) is 11.3 Å². The average Bonchev–Trinajstić information content (AvgIpc) is 2.62. The van der Waals surface area contributed by atoms with Gasteiger partial charge in [-0.3, -0.25) is 0 Å². The van der Waals surface area contributed by atoms with Gasteiger partial charge < -0.3 is 4.65 Å². The van der Waals surface area contributed by atoms with Crippen molar-refractivity contribution >= 4 is 23.0 Å². The third-order valence-electron chi connectivity index (χ3n) is 4.06. The molecule has 0 aliphatic heterocycles. The monoisotopic (exact) mass is 280 g/mol. The molecule has 3 heteroatoms. The van der Waals surface area contributed by atoms with Crippen LogP contribution < -0.4 is 4.78 Å². The number of hydrogen-bond acceptors (Lipinski definition) is 2. The summed E-state index contributed by atoms with van der Waals surface area (Å²) >= 11 is 1.83. The van der Waals surface area contributed by atoms with Crippen LogP contribution in [0.1, 0.15) is 54.0 Å². The molecule has 0 amide bonds. The second-order valence-corrected chi connectivity index (χ2v) is 8.38. The minimum absolute atomic E-state index is 0.133. The second-order valence-electron chi connectivity index (χ2n) is 7.43. The maximum Gasteiger partial charge on any atom is 0.334 e. The Morgan fingerprint density at radius 1 is 1.21 bits per heavy atom. The smallest absolute Gasteiger partial charge is 0.334 e. The molecule has 0 N–H and O–H groups in total. The van der Waals surface area contributed by atoms with E-state index in [-0.39, 0.29) is 17.9 Å². The van der Waals surface area contributed by atoms with Gasteiger partial charge in [0.05, 0.1) is 5.60 Å². The molecule has 0 aliphatic carbocycles. The predicted octanol–water partition coefficient (Wildman–Crippen LogP) is 4.62. The zero-order chi connectivity index (χ0) is 14.8. The second kappa shape index (κ2) is 6.01. The Balaban J connectivity index is 2.84. The van der Waals surface area contributed by atoms with E-state index in [4.69, 9.17) is 4.65 Å². The summed E-state index contributed by atoms with van der Waals surface area (Å²) in [5.74, 6) is 0.691. The number of hydrogen-bond donors (Lipinski definition) is 0. The first-order chi connectivity index (χ1) is 8.54. The van der Waals surface area contributed by atoms with Gasteiger partial charge >= 0.3 is 6.92 Å². The average molecular weight is 280 g/mol. The first kappa shape index (κ1) is 16.8. The molecule has 0 radical (unpaired) electrons. The Labute approximate surface area is 123 Å². The van der Waals surface area contributed by atoms with Gasteiger partial charge in [-0.25, -0.2) is 0 Å². The molecule has 1 aromatic rings. The molecule has 0 bridgehead atoms. The van der Waals surface area contributed by atoms with Gasteiger partial charge in [0.2, 0.25) is 0 Å². The third kappa shape index (κ3) is 4.35. The molecule has 0 saturated carbocycles. The maximum absolute atomic E-state index is 6.38. The molecule has 108 valence electrons. The van der Waals surface area contributed by atoms with Crippen molar-refractivity contribution in [2.75, 3.05) is 0 Å². The van der Waals surface area contributed by atoms with Gasteiger partial charge in [-0.15, -0.1) is 0 Å². The minimum atomic E-state index is -0.133. The van der Waals surface area contributed by atoms with Crippen LogP contribution in [-0.2, 0) is 11.1 Å². The highest BCUT2D eigenvalue weighted by Gasteiger charge is 2.36. The quantitative estimate of drug-likeness (QED) is 0.715. The van der Waals surface area contributed by atoms with Crippen molar-refractivity contribution in [1.29, 1.82) is 0 Å². The number of rotatable bonds is 5. The molecule has 0 aliphatic rings. The molecule has 0 saturated heterocycles. The van der Waals surface area contributed by atoms with Crippen LogP contribution in [-0.4, -0.2) is 12.5 Å². The zero-order valence-electron chi connectivity index (χ0n) is 13.8. The lowest BCUT2D eigenvalue weighted by Gasteiger charge is -2.40. The molecule has 1 rings (SSSR count). The molecule has 0 spiro atoms. The topological polar surface area (TPSA) is 9.23 Å². The lowest BCUT2D eigenvalue weighted by molar-refractivity contribution is 0.000541. The summed E-state index contributed by atoms with van der Waals surface area (Å²) in [5.41, 5.74) is 1.46. The van der Waals surface area contributed by atoms with E-state index in [9.17, 15) is 0 Å². The first-order valence-electron chi connectivity index (χ1n) is 7.28. The van der Waals surface area contributed by atoms with Crippen molar-refractivity contribution in [1.82, 2.24) is 0 Å². The molecule has 0 atom stereocenters. The van der Waals surface area contributed by atoms with Crippen LogP contribution in [0.4, 0.5) is 0 Å². The van der Waals surface area contributed by atoms with Crippen LogP contribution in [0.3, 0.4) is 0 Å². The van der Waals surface area contributed by atoms with E-state index in [2.05, 4.69) is 66.7 Å². The van der Waals surface area contributed by atoms with Gasteiger partial charge in [0, 0.05) is 4.78 Å². The van der Waals surface area contributed by atoms with Crippen molar-refractivity contribution in [2.24, 2.45) is 11.3 Å². The van der Waals surface area contributed by atoms with Crippen LogP contribution in [0.5, 0.6) is 0 Å². The Morgan fingerprint density at radius 3 is 2.26 bits per heavy atom. The van der Waals surface area contributed by atoms with E-state index in [0.717, 1.165) is 6.42 Å². The van der Waals surface area contributed by atoms with Gasteiger partial charge in [0.25, 0.3) is 0 Å². The maximum atomic E-state index is 6.38. The molecule has 0 unspecified atom stereocenters. The standard InChI is InChI=1S/C16H29BOS/c1-12(2)11-13-9-10-19-14(13)17(8)18-16(6,7)15(3,4)5/h9-10,12H,11H2,1-8H3. The summed E-state index contributed by atoms with van der Waals surface area (Å²) in [6.45, 7) is 18.0.